The predicted octanol–water partition coefficient (Wildman–Crippen LogP) is 0.914. The van der Waals surface area contributed by atoms with Crippen LogP contribution in [-0.4, -0.2) is 49.5 Å². The SMILES string of the molecule is O=C(O)CCC1CCCCN1C(=O)CCn1ccnn1. The molecule has 0 aliphatic carbocycles. The standard InChI is InChI=1S/C13H20N4O3/c18-12(6-9-16-10-7-14-15-16)17-8-2-1-3-11(17)4-5-13(19)20/h7,10-11H,1-6,8-9H2,(H,19,20). The van der Waals surface area contributed by atoms with Crippen molar-refractivity contribution in [3.05, 3.63) is 12.4 Å². The number of aryl methyl sites for hydroxylation is 1. The van der Waals surface area contributed by atoms with Gasteiger partial charge in [0.25, 0.3) is 0 Å². The quantitative estimate of drug-likeness (QED) is 0.837. The number of aromatic nitrogens is 3. The molecule has 0 radical (unpaired) electrons. The van der Waals surface area contributed by atoms with Gasteiger partial charge in [-0.3, -0.25) is 14.3 Å². The zero-order valence-corrected chi connectivity index (χ0v) is 11.4. The van der Waals surface area contributed by atoms with E-state index < -0.39 is 5.97 Å². The normalized spacial score (nSPS) is 19.0. The molecule has 1 atom stereocenters. The van der Waals surface area contributed by atoms with Gasteiger partial charge in [0.05, 0.1) is 12.7 Å². The minimum Gasteiger partial charge on any atom is -0.481 e. The molecular formula is C13H20N4O3. The van der Waals surface area contributed by atoms with Crippen LogP contribution < -0.4 is 0 Å². The first-order chi connectivity index (χ1) is 9.66. The van der Waals surface area contributed by atoms with Crippen LogP contribution in [0.1, 0.15) is 38.5 Å². The molecule has 2 heterocycles. The number of nitrogens with zero attached hydrogens (tertiary/aromatic N) is 4. The number of carbonyl (C=O) groups excluding carboxylic acids is 1. The molecule has 1 aliphatic rings. The second-order valence-corrected chi connectivity index (χ2v) is 5.09. The largest absolute Gasteiger partial charge is 0.481 e. The fraction of sp³-hybridized carbons (Fsp3) is 0.692. The second kappa shape index (κ2) is 7.02. The summed E-state index contributed by atoms with van der Waals surface area (Å²) in [5.41, 5.74) is 0. The summed E-state index contributed by atoms with van der Waals surface area (Å²) in [6.07, 6.45) is 7.33. The van der Waals surface area contributed by atoms with Crippen molar-refractivity contribution in [2.75, 3.05) is 6.54 Å². The second-order valence-electron chi connectivity index (χ2n) is 5.09. The summed E-state index contributed by atoms with van der Waals surface area (Å²) in [5.74, 6) is -0.721. The van der Waals surface area contributed by atoms with E-state index in [-0.39, 0.29) is 18.4 Å². The molecule has 110 valence electrons. The van der Waals surface area contributed by atoms with Gasteiger partial charge in [0.15, 0.2) is 0 Å². The average Bonchev–Trinajstić information content (AvgIpc) is 2.96. The lowest BCUT2D eigenvalue weighted by Gasteiger charge is -2.35. The third kappa shape index (κ3) is 4.04. The van der Waals surface area contributed by atoms with Crippen LogP contribution in [0.3, 0.4) is 0 Å². The van der Waals surface area contributed by atoms with Gasteiger partial charge in [0.2, 0.25) is 5.91 Å². The number of likely N-dealkylation sites (tertiary alicyclic amines) is 1. The number of carboxylic acid groups (broad SMARTS) is 1. The zero-order valence-electron chi connectivity index (χ0n) is 11.4. The molecule has 0 aromatic carbocycles. The van der Waals surface area contributed by atoms with Gasteiger partial charge in [-0.2, -0.15) is 0 Å². The molecule has 1 aromatic rings. The van der Waals surface area contributed by atoms with Gasteiger partial charge in [0, 0.05) is 31.6 Å². The Morgan fingerprint density at radius 2 is 2.15 bits per heavy atom. The Kier molecular flexibility index (Phi) is 5.09. The highest BCUT2D eigenvalue weighted by molar-refractivity contribution is 5.76. The fourth-order valence-corrected chi connectivity index (χ4v) is 2.62. The third-order valence-electron chi connectivity index (χ3n) is 3.67. The van der Waals surface area contributed by atoms with Gasteiger partial charge in [-0.05, 0) is 25.7 Å². The molecule has 1 aliphatic heterocycles. The van der Waals surface area contributed by atoms with E-state index in [9.17, 15) is 9.59 Å². The lowest BCUT2D eigenvalue weighted by atomic mass is 9.97. The maximum Gasteiger partial charge on any atom is 0.303 e. The van der Waals surface area contributed by atoms with Gasteiger partial charge in [-0.15, -0.1) is 5.10 Å². The summed E-state index contributed by atoms with van der Waals surface area (Å²) in [6, 6.07) is 0.0723. The van der Waals surface area contributed by atoms with Crippen LogP contribution in [-0.2, 0) is 16.1 Å². The Labute approximate surface area is 117 Å². The topological polar surface area (TPSA) is 88.3 Å². The molecule has 20 heavy (non-hydrogen) atoms. The van der Waals surface area contributed by atoms with E-state index in [0.29, 0.717) is 19.4 Å². The van der Waals surface area contributed by atoms with Crippen molar-refractivity contribution >= 4 is 11.9 Å². The first-order valence-electron chi connectivity index (χ1n) is 7.02. The van der Waals surface area contributed by atoms with E-state index >= 15 is 0 Å². The van der Waals surface area contributed by atoms with E-state index in [0.717, 1.165) is 25.8 Å². The molecule has 7 heteroatoms. The molecule has 7 nitrogen and oxygen atoms in total. The summed E-state index contributed by atoms with van der Waals surface area (Å²) < 4.78 is 1.63. The molecular weight excluding hydrogens is 260 g/mol. The summed E-state index contributed by atoms with van der Waals surface area (Å²) >= 11 is 0. The van der Waals surface area contributed by atoms with Crippen LogP contribution in [0.5, 0.6) is 0 Å². The van der Waals surface area contributed by atoms with Gasteiger partial charge in [-0.25, -0.2) is 0 Å². The zero-order chi connectivity index (χ0) is 14.4. The molecule has 2 rings (SSSR count). The molecule has 0 bridgehead atoms. The van der Waals surface area contributed by atoms with E-state index in [4.69, 9.17) is 5.11 Å². The molecule has 1 unspecified atom stereocenters. The molecule has 1 amide bonds. The van der Waals surface area contributed by atoms with Gasteiger partial charge in [-0.1, -0.05) is 5.21 Å². The average molecular weight is 280 g/mol. The number of piperidine rings is 1. The van der Waals surface area contributed by atoms with E-state index in [1.165, 1.54) is 0 Å². The van der Waals surface area contributed by atoms with Crippen LogP contribution in [0.15, 0.2) is 12.4 Å². The Hall–Kier alpha value is -1.92. The molecule has 0 spiro atoms. The van der Waals surface area contributed by atoms with E-state index in [2.05, 4.69) is 10.3 Å². The highest BCUT2D eigenvalue weighted by Crippen LogP contribution is 2.21. The Bertz CT molecular complexity index is 446. The summed E-state index contributed by atoms with van der Waals surface area (Å²) in [5, 5.41) is 16.3. The number of hydrogen-bond donors (Lipinski definition) is 1. The molecule has 1 fully saturated rings. The van der Waals surface area contributed by atoms with Crippen LogP contribution in [0, 0.1) is 0 Å². The maximum absolute atomic E-state index is 12.3. The van der Waals surface area contributed by atoms with Crippen molar-refractivity contribution in [3.63, 3.8) is 0 Å². The van der Waals surface area contributed by atoms with Crippen molar-refractivity contribution < 1.29 is 14.7 Å². The maximum atomic E-state index is 12.3. The van der Waals surface area contributed by atoms with Crippen molar-refractivity contribution in [1.29, 1.82) is 0 Å². The van der Waals surface area contributed by atoms with E-state index in [1.807, 2.05) is 4.90 Å². The third-order valence-corrected chi connectivity index (χ3v) is 3.67. The molecule has 0 saturated carbocycles. The first kappa shape index (κ1) is 14.5. The number of hydrogen-bond acceptors (Lipinski definition) is 4. The van der Waals surface area contributed by atoms with Crippen LogP contribution in [0.25, 0.3) is 0 Å². The highest BCUT2D eigenvalue weighted by Gasteiger charge is 2.26. The smallest absolute Gasteiger partial charge is 0.303 e. The van der Waals surface area contributed by atoms with Gasteiger partial charge < -0.3 is 10.0 Å². The minimum absolute atomic E-state index is 0.0723. The summed E-state index contributed by atoms with van der Waals surface area (Å²) in [4.78, 5) is 24.8. The van der Waals surface area contributed by atoms with E-state index in [1.54, 1.807) is 17.1 Å². The lowest BCUT2D eigenvalue weighted by molar-refractivity contribution is -0.140. The van der Waals surface area contributed by atoms with Gasteiger partial charge in [0.1, 0.15) is 0 Å². The Balaban J connectivity index is 1.86. The first-order valence-corrected chi connectivity index (χ1v) is 7.02. The minimum atomic E-state index is -0.800. The van der Waals surface area contributed by atoms with Crippen molar-refractivity contribution in [2.24, 2.45) is 0 Å². The number of rotatable bonds is 6. The van der Waals surface area contributed by atoms with Gasteiger partial charge >= 0.3 is 5.97 Å². The Morgan fingerprint density at radius 1 is 1.30 bits per heavy atom. The summed E-state index contributed by atoms with van der Waals surface area (Å²) in [7, 11) is 0. The summed E-state index contributed by atoms with van der Waals surface area (Å²) in [6.45, 7) is 1.25. The number of carbonyl (C=O) groups is 2. The molecule has 1 aromatic heterocycles. The Morgan fingerprint density at radius 3 is 2.85 bits per heavy atom. The number of carboxylic acids is 1. The fourth-order valence-electron chi connectivity index (χ4n) is 2.62. The number of aliphatic carboxylic acids is 1. The molecule has 1 N–H and O–H groups in total. The lowest BCUT2D eigenvalue weighted by Crippen LogP contribution is -2.44. The van der Waals surface area contributed by atoms with Crippen LogP contribution in [0.4, 0.5) is 0 Å². The predicted molar refractivity (Wildman–Crippen MR) is 70.9 cm³/mol. The van der Waals surface area contributed by atoms with Crippen LogP contribution in [0.2, 0.25) is 0 Å². The monoisotopic (exact) mass is 280 g/mol. The van der Waals surface area contributed by atoms with Crippen LogP contribution >= 0.6 is 0 Å². The highest BCUT2D eigenvalue weighted by atomic mass is 16.4. The number of amides is 1. The molecule has 1 saturated heterocycles. The van der Waals surface area contributed by atoms with Crippen molar-refractivity contribution in [2.45, 2.75) is 51.1 Å². The van der Waals surface area contributed by atoms with Crippen molar-refractivity contribution in [1.82, 2.24) is 19.9 Å². The van der Waals surface area contributed by atoms with Crippen molar-refractivity contribution in [3.8, 4) is 0 Å².